The monoisotopic (exact) mass is 298 g/mol. The molecule has 0 heterocycles. The number of rotatable bonds is 5. The molecule has 3 heteroatoms. The summed E-state index contributed by atoms with van der Waals surface area (Å²) in [4.78, 5) is 11.6. The third-order valence-electron chi connectivity index (χ3n) is 3.78. The molecule has 0 spiro atoms. The van der Waals surface area contributed by atoms with Gasteiger partial charge in [0.1, 0.15) is 5.75 Å². The second-order valence-corrected chi connectivity index (χ2v) is 5.84. The van der Waals surface area contributed by atoms with E-state index >= 15 is 0 Å². The van der Waals surface area contributed by atoms with Crippen molar-refractivity contribution in [3.8, 4) is 5.75 Å². The summed E-state index contributed by atoms with van der Waals surface area (Å²) in [6.07, 6.45) is -0.526. The fourth-order valence-electron chi connectivity index (χ4n) is 2.70. The molecule has 1 N–H and O–H groups in total. The molecule has 0 aromatic heterocycles. The molecule has 0 aliphatic heterocycles. The highest BCUT2D eigenvalue weighted by Crippen LogP contribution is 2.21. The van der Waals surface area contributed by atoms with Gasteiger partial charge < -0.3 is 9.84 Å². The fraction of sp³-hybridized carbons (Fsp3) is 0.316. The van der Waals surface area contributed by atoms with E-state index in [2.05, 4.69) is 0 Å². The van der Waals surface area contributed by atoms with Crippen molar-refractivity contribution in [3.63, 3.8) is 0 Å². The summed E-state index contributed by atoms with van der Waals surface area (Å²) in [5.74, 6) is -0.335. The molecule has 2 rings (SSSR count). The number of hydrogen-bond acceptors (Lipinski definition) is 2. The van der Waals surface area contributed by atoms with E-state index < -0.39 is 12.1 Å². The van der Waals surface area contributed by atoms with E-state index in [0.717, 1.165) is 27.8 Å². The lowest BCUT2D eigenvalue weighted by Crippen LogP contribution is -2.30. The Morgan fingerprint density at radius 1 is 1.05 bits per heavy atom. The summed E-state index contributed by atoms with van der Waals surface area (Å²) in [6, 6.07) is 11.8. The minimum atomic E-state index is -0.943. The summed E-state index contributed by atoms with van der Waals surface area (Å²) in [7, 11) is 0. The fourth-order valence-corrected chi connectivity index (χ4v) is 2.70. The van der Waals surface area contributed by atoms with Crippen molar-refractivity contribution >= 4 is 5.97 Å². The predicted octanol–water partition coefficient (Wildman–Crippen LogP) is 3.99. The first-order valence-electron chi connectivity index (χ1n) is 7.39. The third-order valence-corrected chi connectivity index (χ3v) is 3.78. The van der Waals surface area contributed by atoms with E-state index in [0.29, 0.717) is 12.2 Å². The maximum atomic E-state index is 11.6. The van der Waals surface area contributed by atoms with Crippen LogP contribution in [0.5, 0.6) is 5.75 Å². The largest absolute Gasteiger partial charge is 0.478 e. The lowest BCUT2D eigenvalue weighted by Gasteiger charge is -2.18. The maximum absolute atomic E-state index is 11.6. The van der Waals surface area contributed by atoms with E-state index in [9.17, 15) is 9.90 Å². The van der Waals surface area contributed by atoms with Crippen LogP contribution in [-0.2, 0) is 11.2 Å². The Bertz CT molecular complexity index is 649. The highest BCUT2D eigenvalue weighted by molar-refractivity contribution is 5.73. The molecule has 0 saturated heterocycles. The molecule has 116 valence electrons. The molecule has 0 radical (unpaired) electrons. The van der Waals surface area contributed by atoms with Gasteiger partial charge in [-0.3, -0.25) is 0 Å². The molecule has 0 saturated carbocycles. The van der Waals surface area contributed by atoms with E-state index in [4.69, 9.17) is 4.74 Å². The Balaban J connectivity index is 2.26. The van der Waals surface area contributed by atoms with Gasteiger partial charge in [-0.2, -0.15) is 0 Å². The van der Waals surface area contributed by atoms with Crippen LogP contribution in [0.3, 0.4) is 0 Å². The summed E-state index contributed by atoms with van der Waals surface area (Å²) in [6.45, 7) is 7.94. The summed E-state index contributed by atoms with van der Waals surface area (Å²) < 4.78 is 5.75. The van der Waals surface area contributed by atoms with Crippen LogP contribution in [-0.4, -0.2) is 17.2 Å². The van der Waals surface area contributed by atoms with Crippen molar-refractivity contribution < 1.29 is 14.6 Å². The van der Waals surface area contributed by atoms with Crippen LogP contribution in [0.25, 0.3) is 0 Å². The molecule has 22 heavy (non-hydrogen) atoms. The van der Waals surface area contributed by atoms with Crippen molar-refractivity contribution in [2.75, 3.05) is 0 Å². The van der Waals surface area contributed by atoms with E-state index in [1.165, 1.54) is 0 Å². The molecule has 3 nitrogen and oxygen atoms in total. The van der Waals surface area contributed by atoms with Crippen LogP contribution in [0.4, 0.5) is 0 Å². The average molecular weight is 298 g/mol. The molecule has 0 amide bonds. The zero-order chi connectivity index (χ0) is 16.3. The molecule has 2 aromatic rings. The number of ether oxygens (including phenoxy) is 1. The van der Waals surface area contributed by atoms with Crippen molar-refractivity contribution in [1.29, 1.82) is 0 Å². The van der Waals surface area contributed by atoms with Gasteiger partial charge in [-0.25, -0.2) is 4.79 Å². The Labute approximate surface area is 131 Å². The lowest BCUT2D eigenvalue weighted by molar-refractivity contribution is -0.145. The smallest absolute Gasteiger partial charge is 0.345 e. The maximum Gasteiger partial charge on any atom is 0.345 e. The van der Waals surface area contributed by atoms with Gasteiger partial charge in [0.2, 0.25) is 0 Å². The van der Waals surface area contributed by atoms with Crippen LogP contribution >= 0.6 is 0 Å². The van der Waals surface area contributed by atoms with Crippen LogP contribution in [0.15, 0.2) is 36.4 Å². The second kappa shape index (κ2) is 6.65. The standard InChI is InChI=1S/C19H22O3/c1-12-8-13(2)10-16(9-12)22-18(19(20)21)11-17-14(3)6-5-7-15(17)4/h5-10,18H,11H2,1-4H3,(H,20,21)/t18-/m0/s1. The van der Waals surface area contributed by atoms with Crippen molar-refractivity contribution in [1.82, 2.24) is 0 Å². The number of aryl methyl sites for hydroxylation is 4. The zero-order valence-corrected chi connectivity index (χ0v) is 13.5. The topological polar surface area (TPSA) is 46.5 Å². The van der Waals surface area contributed by atoms with Gasteiger partial charge in [0.05, 0.1) is 0 Å². The molecular formula is C19H22O3. The first-order valence-corrected chi connectivity index (χ1v) is 7.39. The van der Waals surface area contributed by atoms with Crippen LogP contribution in [0.2, 0.25) is 0 Å². The van der Waals surface area contributed by atoms with Crippen LogP contribution in [0, 0.1) is 27.7 Å². The van der Waals surface area contributed by atoms with E-state index in [1.807, 2.05) is 64.1 Å². The number of carboxylic acid groups (broad SMARTS) is 1. The van der Waals surface area contributed by atoms with Crippen molar-refractivity contribution in [3.05, 3.63) is 64.2 Å². The molecule has 2 aromatic carbocycles. The quantitative estimate of drug-likeness (QED) is 0.907. The SMILES string of the molecule is Cc1cc(C)cc(O[C@@H](Cc2c(C)cccc2C)C(=O)O)c1. The molecule has 0 aliphatic carbocycles. The van der Waals surface area contributed by atoms with Gasteiger partial charge in [-0.1, -0.05) is 24.3 Å². The number of aliphatic carboxylic acids is 1. The first-order chi connectivity index (χ1) is 10.4. The third kappa shape index (κ3) is 3.88. The molecular weight excluding hydrogens is 276 g/mol. The minimum Gasteiger partial charge on any atom is -0.478 e. The van der Waals surface area contributed by atoms with Gasteiger partial charge in [-0.05, 0) is 67.6 Å². The van der Waals surface area contributed by atoms with Gasteiger partial charge in [-0.15, -0.1) is 0 Å². The minimum absolute atomic E-state index is 0.362. The van der Waals surface area contributed by atoms with E-state index in [-0.39, 0.29) is 0 Å². The predicted molar refractivity (Wildman–Crippen MR) is 87.6 cm³/mol. The first kappa shape index (κ1) is 16.1. The zero-order valence-electron chi connectivity index (χ0n) is 13.5. The lowest BCUT2D eigenvalue weighted by atomic mass is 9.97. The molecule has 0 fully saturated rings. The summed E-state index contributed by atoms with van der Waals surface area (Å²) >= 11 is 0. The molecule has 0 unspecified atom stereocenters. The van der Waals surface area contributed by atoms with Gasteiger partial charge in [0.25, 0.3) is 0 Å². The average Bonchev–Trinajstić information content (AvgIpc) is 2.40. The number of carbonyl (C=O) groups is 1. The Morgan fingerprint density at radius 2 is 1.59 bits per heavy atom. The highest BCUT2D eigenvalue weighted by Gasteiger charge is 2.22. The summed E-state index contributed by atoms with van der Waals surface area (Å²) in [5, 5.41) is 9.49. The molecule has 1 atom stereocenters. The van der Waals surface area contributed by atoms with Crippen LogP contribution < -0.4 is 4.74 Å². The number of benzene rings is 2. The summed E-state index contributed by atoms with van der Waals surface area (Å²) in [5.41, 5.74) is 5.35. The molecule has 0 aliphatic rings. The van der Waals surface area contributed by atoms with E-state index in [1.54, 1.807) is 0 Å². The highest BCUT2D eigenvalue weighted by atomic mass is 16.5. The van der Waals surface area contributed by atoms with Crippen molar-refractivity contribution in [2.45, 2.75) is 40.2 Å². The second-order valence-electron chi connectivity index (χ2n) is 5.84. The Morgan fingerprint density at radius 3 is 2.09 bits per heavy atom. The number of hydrogen-bond donors (Lipinski definition) is 1. The van der Waals surface area contributed by atoms with Gasteiger partial charge in [0.15, 0.2) is 6.10 Å². The number of carboxylic acids is 1. The molecule has 0 bridgehead atoms. The Hall–Kier alpha value is -2.29. The normalized spacial score (nSPS) is 12.0. The Kier molecular flexibility index (Phi) is 4.86. The van der Waals surface area contributed by atoms with Gasteiger partial charge in [0, 0.05) is 6.42 Å². The van der Waals surface area contributed by atoms with Gasteiger partial charge >= 0.3 is 5.97 Å². The van der Waals surface area contributed by atoms with Crippen molar-refractivity contribution in [2.24, 2.45) is 0 Å². The van der Waals surface area contributed by atoms with Crippen LogP contribution in [0.1, 0.15) is 27.8 Å².